The Bertz CT molecular complexity index is 1070. The summed E-state index contributed by atoms with van der Waals surface area (Å²) in [6.45, 7) is 2.64. The third-order valence-electron chi connectivity index (χ3n) is 6.13. The number of halogens is 1. The zero-order valence-electron chi connectivity index (χ0n) is 19.1. The van der Waals surface area contributed by atoms with E-state index in [-0.39, 0.29) is 23.9 Å². The highest BCUT2D eigenvalue weighted by Gasteiger charge is 2.27. The zero-order valence-corrected chi connectivity index (χ0v) is 19.1. The molecule has 0 atom stereocenters. The number of hydrogen-bond donors (Lipinski definition) is 1. The molecule has 0 bridgehead atoms. The molecule has 2 aliphatic rings. The predicted octanol–water partition coefficient (Wildman–Crippen LogP) is 2.14. The molecule has 1 aromatic heterocycles. The summed E-state index contributed by atoms with van der Waals surface area (Å²) in [5, 5.41) is 2.76. The number of nitrogens with one attached hydrogen (secondary N) is 1. The molecule has 0 spiro atoms. The first-order valence-corrected chi connectivity index (χ1v) is 11.4. The second-order valence-corrected chi connectivity index (χ2v) is 8.34. The van der Waals surface area contributed by atoms with Gasteiger partial charge in [-0.25, -0.2) is 9.37 Å². The second-order valence-electron chi connectivity index (χ2n) is 8.34. The molecule has 0 aliphatic carbocycles. The van der Waals surface area contributed by atoms with Gasteiger partial charge in [0.25, 0.3) is 5.91 Å². The van der Waals surface area contributed by atoms with Gasteiger partial charge in [-0.3, -0.25) is 14.4 Å². The Hall–Kier alpha value is -3.69. The van der Waals surface area contributed by atoms with E-state index in [2.05, 4.69) is 10.3 Å². The number of methoxy groups -OCH3 is 1. The molecule has 1 N–H and O–H groups in total. The molecule has 2 aromatic rings. The number of amides is 3. The molecule has 2 aliphatic heterocycles. The van der Waals surface area contributed by atoms with E-state index in [0.717, 1.165) is 12.8 Å². The maximum atomic E-state index is 14.0. The molecular formula is C24H28FN5O4. The number of carbonyl (C=O) groups excluding carboxylic acids is 3. The minimum absolute atomic E-state index is 0.0343. The quantitative estimate of drug-likeness (QED) is 0.697. The third-order valence-corrected chi connectivity index (χ3v) is 6.13. The van der Waals surface area contributed by atoms with Crippen LogP contribution in [0.2, 0.25) is 0 Å². The van der Waals surface area contributed by atoms with E-state index in [0.29, 0.717) is 56.4 Å². The van der Waals surface area contributed by atoms with E-state index in [4.69, 9.17) is 4.74 Å². The van der Waals surface area contributed by atoms with Crippen molar-refractivity contribution in [2.24, 2.45) is 0 Å². The van der Waals surface area contributed by atoms with Crippen molar-refractivity contribution < 1.29 is 23.5 Å². The lowest BCUT2D eigenvalue weighted by atomic mass is 10.1. The molecule has 2 fully saturated rings. The SMILES string of the molecule is COc1cc(NC(=O)c2cc(F)ccc2N2CCN(C(=O)CN3CCCCC3=O)CC2)ccn1. The molecular weight excluding hydrogens is 441 g/mol. The standard InChI is InChI=1S/C24H28FN5O4/c1-34-21-15-18(7-8-26-21)27-24(33)19-14-17(25)5-6-20(19)28-10-12-29(13-11-28)23(32)16-30-9-3-2-4-22(30)31/h5-8,14-15H,2-4,9-13,16H2,1H3,(H,26,27,33). The van der Waals surface area contributed by atoms with Crippen LogP contribution < -0.4 is 15.0 Å². The number of rotatable bonds is 6. The van der Waals surface area contributed by atoms with Gasteiger partial charge in [-0.15, -0.1) is 0 Å². The van der Waals surface area contributed by atoms with Gasteiger partial charge in [0.1, 0.15) is 5.82 Å². The largest absolute Gasteiger partial charge is 0.481 e. The van der Waals surface area contributed by atoms with E-state index in [1.807, 2.05) is 4.90 Å². The van der Waals surface area contributed by atoms with Crippen molar-refractivity contribution in [1.29, 1.82) is 0 Å². The first-order valence-electron chi connectivity index (χ1n) is 11.4. The summed E-state index contributed by atoms with van der Waals surface area (Å²) in [5.41, 5.74) is 1.28. The van der Waals surface area contributed by atoms with Gasteiger partial charge in [0.2, 0.25) is 17.7 Å². The lowest BCUT2D eigenvalue weighted by Crippen LogP contribution is -2.52. The number of carbonyl (C=O) groups is 3. The maximum absolute atomic E-state index is 14.0. The second kappa shape index (κ2) is 10.5. The number of aromatic nitrogens is 1. The van der Waals surface area contributed by atoms with Crippen LogP contribution in [0.25, 0.3) is 0 Å². The molecule has 9 nitrogen and oxygen atoms in total. The molecule has 4 rings (SSSR count). The molecule has 2 saturated heterocycles. The van der Waals surface area contributed by atoms with Crippen molar-refractivity contribution in [2.75, 3.05) is 56.6 Å². The van der Waals surface area contributed by atoms with E-state index in [1.165, 1.54) is 25.4 Å². The molecule has 0 unspecified atom stereocenters. The number of piperidine rings is 1. The summed E-state index contributed by atoms with van der Waals surface area (Å²) in [6.07, 6.45) is 3.82. The van der Waals surface area contributed by atoms with Crippen LogP contribution in [0.1, 0.15) is 29.6 Å². The monoisotopic (exact) mass is 469 g/mol. The molecule has 180 valence electrons. The van der Waals surface area contributed by atoms with E-state index < -0.39 is 11.7 Å². The normalized spacial score (nSPS) is 16.4. The summed E-state index contributed by atoms with van der Waals surface area (Å²) in [7, 11) is 1.48. The summed E-state index contributed by atoms with van der Waals surface area (Å²) < 4.78 is 19.1. The van der Waals surface area contributed by atoms with Crippen molar-refractivity contribution >= 4 is 29.1 Å². The minimum Gasteiger partial charge on any atom is -0.481 e. The topological polar surface area (TPSA) is 95.1 Å². The van der Waals surface area contributed by atoms with Crippen molar-refractivity contribution in [3.8, 4) is 5.88 Å². The minimum atomic E-state index is -0.513. The van der Waals surface area contributed by atoms with Crippen LogP contribution >= 0.6 is 0 Å². The molecule has 3 heterocycles. The zero-order chi connectivity index (χ0) is 24.1. The maximum Gasteiger partial charge on any atom is 0.257 e. The van der Waals surface area contributed by atoms with Gasteiger partial charge in [0.15, 0.2) is 0 Å². The third kappa shape index (κ3) is 5.44. The van der Waals surface area contributed by atoms with Gasteiger partial charge in [0, 0.05) is 62.8 Å². The molecule has 0 radical (unpaired) electrons. The van der Waals surface area contributed by atoms with Crippen LogP contribution in [0.5, 0.6) is 5.88 Å². The van der Waals surface area contributed by atoms with E-state index in [1.54, 1.807) is 28.0 Å². The van der Waals surface area contributed by atoms with Crippen LogP contribution in [0.15, 0.2) is 36.5 Å². The molecule has 34 heavy (non-hydrogen) atoms. The predicted molar refractivity (Wildman–Crippen MR) is 124 cm³/mol. The number of piperazine rings is 1. The number of likely N-dealkylation sites (tertiary alicyclic amines) is 1. The number of nitrogens with zero attached hydrogens (tertiary/aromatic N) is 4. The van der Waals surface area contributed by atoms with Crippen molar-refractivity contribution in [2.45, 2.75) is 19.3 Å². The Labute approximate surface area is 197 Å². The van der Waals surface area contributed by atoms with Gasteiger partial charge in [-0.2, -0.15) is 0 Å². The fraction of sp³-hybridized carbons (Fsp3) is 0.417. The fourth-order valence-corrected chi connectivity index (χ4v) is 4.25. The van der Waals surface area contributed by atoms with Gasteiger partial charge in [-0.05, 0) is 37.1 Å². The summed E-state index contributed by atoms with van der Waals surface area (Å²) in [6, 6.07) is 7.32. The lowest BCUT2D eigenvalue weighted by Gasteiger charge is -2.38. The van der Waals surface area contributed by atoms with Gasteiger partial charge in [-0.1, -0.05) is 0 Å². The highest BCUT2D eigenvalue weighted by molar-refractivity contribution is 6.08. The number of pyridine rings is 1. The fourth-order valence-electron chi connectivity index (χ4n) is 4.25. The van der Waals surface area contributed by atoms with Gasteiger partial charge < -0.3 is 24.8 Å². The van der Waals surface area contributed by atoms with Crippen LogP contribution in [0.3, 0.4) is 0 Å². The number of anilines is 2. The Morgan fingerprint density at radius 1 is 1.09 bits per heavy atom. The molecule has 0 saturated carbocycles. The van der Waals surface area contributed by atoms with Gasteiger partial charge >= 0.3 is 0 Å². The average Bonchev–Trinajstić information content (AvgIpc) is 2.85. The molecule has 3 amide bonds. The Kier molecular flexibility index (Phi) is 7.24. The van der Waals surface area contributed by atoms with Crippen molar-refractivity contribution in [1.82, 2.24) is 14.8 Å². The molecule has 10 heteroatoms. The van der Waals surface area contributed by atoms with Crippen molar-refractivity contribution in [3.05, 3.63) is 47.9 Å². The average molecular weight is 470 g/mol. The van der Waals surface area contributed by atoms with Crippen LogP contribution in [-0.2, 0) is 9.59 Å². The highest BCUT2D eigenvalue weighted by Crippen LogP contribution is 2.25. The smallest absolute Gasteiger partial charge is 0.257 e. The van der Waals surface area contributed by atoms with E-state index >= 15 is 0 Å². The Balaban J connectivity index is 1.41. The first kappa shape index (κ1) is 23.5. The first-order chi connectivity index (χ1) is 16.4. The van der Waals surface area contributed by atoms with Crippen LogP contribution in [0.4, 0.5) is 15.8 Å². The summed E-state index contributed by atoms with van der Waals surface area (Å²) >= 11 is 0. The van der Waals surface area contributed by atoms with Gasteiger partial charge in [0.05, 0.1) is 19.2 Å². The van der Waals surface area contributed by atoms with Crippen molar-refractivity contribution in [3.63, 3.8) is 0 Å². The molecule has 1 aromatic carbocycles. The Morgan fingerprint density at radius 3 is 2.62 bits per heavy atom. The number of hydrogen-bond acceptors (Lipinski definition) is 6. The Morgan fingerprint density at radius 2 is 1.88 bits per heavy atom. The summed E-state index contributed by atoms with van der Waals surface area (Å²) in [4.78, 5) is 47.1. The number of ether oxygens (including phenoxy) is 1. The highest BCUT2D eigenvalue weighted by atomic mass is 19.1. The van der Waals surface area contributed by atoms with Crippen LogP contribution in [0, 0.1) is 5.82 Å². The van der Waals surface area contributed by atoms with Crippen LogP contribution in [-0.4, -0.2) is 78.9 Å². The number of benzene rings is 1. The lowest BCUT2D eigenvalue weighted by molar-refractivity contribution is -0.142. The van der Waals surface area contributed by atoms with E-state index in [9.17, 15) is 18.8 Å². The summed E-state index contributed by atoms with van der Waals surface area (Å²) in [5.74, 6) is -0.652.